The number of rotatable bonds is 0. The Hall–Kier alpha value is -1.10. The van der Waals surface area contributed by atoms with Gasteiger partial charge in [-0.2, -0.15) is 0 Å². The fourth-order valence-corrected chi connectivity index (χ4v) is 2.99. The third-order valence-electron chi connectivity index (χ3n) is 4.01. The van der Waals surface area contributed by atoms with E-state index in [2.05, 4.69) is 0 Å². The number of carbonyl (C=O) groups excluding carboxylic acids is 2. The van der Waals surface area contributed by atoms with Crippen LogP contribution in [-0.2, 0) is 9.53 Å². The van der Waals surface area contributed by atoms with Crippen LogP contribution in [0, 0.1) is 5.41 Å². The number of piperidine rings is 1. The Balaban J connectivity index is 1.93. The Morgan fingerprint density at radius 2 is 1.95 bits per heavy atom. The normalized spacial score (nSPS) is 26.8. The number of amides is 1. The highest BCUT2D eigenvalue weighted by Crippen LogP contribution is 2.43. The van der Waals surface area contributed by atoms with E-state index in [9.17, 15) is 14.7 Å². The first-order valence-electron chi connectivity index (χ1n) is 6.91. The van der Waals surface area contributed by atoms with Crippen molar-refractivity contribution < 1.29 is 19.4 Å². The minimum Gasteiger partial charge on any atom is -0.444 e. The lowest BCUT2D eigenvalue weighted by molar-refractivity contribution is -0.128. The molecule has 5 heteroatoms. The molecule has 1 saturated carbocycles. The second kappa shape index (κ2) is 4.78. The number of ketones is 1. The standard InChI is InChI=1S/C14H23NO4/c1-13(2,3)19-12(18)15-6-4-14(5-7-15)9-10(16)8-11(14)17/h10,16H,4-9H2,1-3H3. The Morgan fingerprint density at radius 3 is 2.37 bits per heavy atom. The Morgan fingerprint density at radius 1 is 1.37 bits per heavy atom. The van der Waals surface area contributed by atoms with Gasteiger partial charge >= 0.3 is 6.09 Å². The zero-order valence-corrected chi connectivity index (χ0v) is 11.9. The second-order valence-electron chi connectivity index (χ2n) is 6.73. The summed E-state index contributed by atoms with van der Waals surface area (Å²) in [6, 6.07) is 0. The van der Waals surface area contributed by atoms with Gasteiger partial charge < -0.3 is 14.7 Å². The summed E-state index contributed by atoms with van der Waals surface area (Å²) in [5.74, 6) is 0.156. The summed E-state index contributed by atoms with van der Waals surface area (Å²) in [5.41, 5.74) is -0.885. The zero-order valence-electron chi connectivity index (χ0n) is 11.9. The molecule has 19 heavy (non-hydrogen) atoms. The zero-order chi connectivity index (χ0) is 14.3. The maximum absolute atomic E-state index is 12.0. The minimum atomic E-state index is -0.499. The van der Waals surface area contributed by atoms with Gasteiger partial charge in [-0.15, -0.1) is 0 Å². The lowest BCUT2D eigenvalue weighted by atomic mass is 9.76. The van der Waals surface area contributed by atoms with E-state index in [0.29, 0.717) is 32.4 Å². The highest BCUT2D eigenvalue weighted by molar-refractivity contribution is 5.88. The monoisotopic (exact) mass is 269 g/mol. The molecule has 108 valence electrons. The Bertz CT molecular complexity index is 377. The van der Waals surface area contributed by atoms with E-state index >= 15 is 0 Å². The average Bonchev–Trinajstić information content (AvgIpc) is 2.52. The molecule has 1 amide bonds. The summed E-state index contributed by atoms with van der Waals surface area (Å²) < 4.78 is 5.33. The molecule has 5 nitrogen and oxygen atoms in total. The smallest absolute Gasteiger partial charge is 0.410 e. The molecular formula is C14H23NO4. The summed E-state index contributed by atoms with van der Waals surface area (Å²) in [6.07, 6.45) is 1.29. The molecule has 0 aromatic heterocycles. The van der Waals surface area contributed by atoms with E-state index in [4.69, 9.17) is 4.74 Å². The lowest BCUT2D eigenvalue weighted by Gasteiger charge is -2.38. The number of aliphatic hydroxyl groups is 1. The van der Waals surface area contributed by atoms with Crippen LogP contribution in [0.5, 0.6) is 0 Å². The van der Waals surface area contributed by atoms with Crippen molar-refractivity contribution >= 4 is 11.9 Å². The molecule has 1 heterocycles. The molecule has 1 saturated heterocycles. The maximum Gasteiger partial charge on any atom is 0.410 e. The summed E-state index contributed by atoms with van der Waals surface area (Å²) in [7, 11) is 0. The van der Waals surface area contributed by atoms with Crippen LogP contribution in [0.4, 0.5) is 4.79 Å². The molecule has 2 aliphatic rings. The topological polar surface area (TPSA) is 66.8 Å². The van der Waals surface area contributed by atoms with Gasteiger partial charge in [0.25, 0.3) is 0 Å². The first-order chi connectivity index (χ1) is 8.72. The molecular weight excluding hydrogens is 246 g/mol. The number of hydrogen-bond donors (Lipinski definition) is 1. The number of Topliss-reactive ketones (excluding diaryl/α,β-unsaturated/α-hetero) is 1. The van der Waals surface area contributed by atoms with Crippen LogP contribution in [0.1, 0.15) is 46.5 Å². The summed E-state index contributed by atoms with van der Waals surface area (Å²) in [5, 5.41) is 9.62. The minimum absolute atomic E-state index is 0.156. The predicted molar refractivity (Wildman–Crippen MR) is 69.7 cm³/mol. The number of likely N-dealkylation sites (tertiary alicyclic amines) is 1. The molecule has 2 fully saturated rings. The highest BCUT2D eigenvalue weighted by Gasteiger charge is 2.48. The SMILES string of the molecule is CC(C)(C)OC(=O)N1CCC2(CC1)CC(O)CC2=O. The van der Waals surface area contributed by atoms with E-state index in [1.54, 1.807) is 4.90 Å². The van der Waals surface area contributed by atoms with Gasteiger partial charge in [0.2, 0.25) is 0 Å². The van der Waals surface area contributed by atoms with Crippen molar-refractivity contribution in [3.63, 3.8) is 0 Å². The average molecular weight is 269 g/mol. The number of nitrogens with zero attached hydrogens (tertiary/aromatic N) is 1. The quantitative estimate of drug-likeness (QED) is 0.727. The lowest BCUT2D eigenvalue weighted by Crippen LogP contribution is -2.46. The van der Waals surface area contributed by atoms with Crippen LogP contribution >= 0.6 is 0 Å². The molecule has 1 spiro atoms. The summed E-state index contributed by atoms with van der Waals surface area (Å²) in [4.78, 5) is 25.6. The van der Waals surface area contributed by atoms with Crippen molar-refractivity contribution in [2.24, 2.45) is 5.41 Å². The van der Waals surface area contributed by atoms with Crippen LogP contribution in [0.15, 0.2) is 0 Å². The van der Waals surface area contributed by atoms with Crippen molar-refractivity contribution in [1.29, 1.82) is 0 Å². The number of carbonyl (C=O) groups is 2. The van der Waals surface area contributed by atoms with Crippen LogP contribution < -0.4 is 0 Å². The van der Waals surface area contributed by atoms with Gasteiger partial charge in [0, 0.05) is 24.9 Å². The summed E-state index contributed by atoms with van der Waals surface area (Å²) >= 11 is 0. The molecule has 1 atom stereocenters. The van der Waals surface area contributed by atoms with E-state index < -0.39 is 17.1 Å². The van der Waals surface area contributed by atoms with Crippen molar-refractivity contribution in [2.45, 2.75) is 58.2 Å². The summed E-state index contributed by atoms with van der Waals surface area (Å²) in [6.45, 7) is 6.59. The molecule has 1 unspecified atom stereocenters. The van der Waals surface area contributed by atoms with Gasteiger partial charge in [0.1, 0.15) is 11.4 Å². The van der Waals surface area contributed by atoms with Crippen LogP contribution in [0.25, 0.3) is 0 Å². The van der Waals surface area contributed by atoms with E-state index in [0.717, 1.165) is 0 Å². The third-order valence-corrected chi connectivity index (χ3v) is 4.01. The van der Waals surface area contributed by atoms with Gasteiger partial charge in [0.05, 0.1) is 6.10 Å². The van der Waals surface area contributed by atoms with E-state index in [1.165, 1.54) is 0 Å². The highest BCUT2D eigenvalue weighted by atomic mass is 16.6. The molecule has 0 bridgehead atoms. The molecule has 1 N–H and O–H groups in total. The fourth-order valence-electron chi connectivity index (χ4n) is 2.99. The largest absolute Gasteiger partial charge is 0.444 e. The second-order valence-corrected chi connectivity index (χ2v) is 6.73. The molecule has 0 aromatic rings. The Labute approximate surface area is 113 Å². The predicted octanol–water partition coefficient (Wildman–Crippen LogP) is 1.73. The third kappa shape index (κ3) is 3.08. The van der Waals surface area contributed by atoms with Crippen LogP contribution in [-0.4, -0.2) is 46.7 Å². The molecule has 0 aromatic carbocycles. The van der Waals surface area contributed by atoms with Crippen molar-refractivity contribution in [2.75, 3.05) is 13.1 Å². The van der Waals surface area contributed by atoms with Crippen LogP contribution in [0.2, 0.25) is 0 Å². The van der Waals surface area contributed by atoms with E-state index in [1.807, 2.05) is 20.8 Å². The first kappa shape index (κ1) is 14.3. The first-order valence-corrected chi connectivity index (χ1v) is 6.91. The fraction of sp³-hybridized carbons (Fsp3) is 0.857. The van der Waals surface area contributed by atoms with Gasteiger partial charge in [-0.3, -0.25) is 4.79 Å². The number of ether oxygens (including phenoxy) is 1. The van der Waals surface area contributed by atoms with Crippen molar-refractivity contribution in [1.82, 2.24) is 4.90 Å². The molecule has 1 aliphatic heterocycles. The van der Waals surface area contributed by atoms with Gasteiger partial charge in [-0.25, -0.2) is 4.79 Å². The van der Waals surface area contributed by atoms with Crippen LogP contribution in [0.3, 0.4) is 0 Å². The molecule has 0 radical (unpaired) electrons. The van der Waals surface area contributed by atoms with Gasteiger partial charge in [-0.05, 0) is 40.0 Å². The van der Waals surface area contributed by atoms with Crippen molar-refractivity contribution in [3.05, 3.63) is 0 Å². The Kier molecular flexibility index (Phi) is 3.60. The van der Waals surface area contributed by atoms with E-state index in [-0.39, 0.29) is 18.3 Å². The number of hydrogen-bond acceptors (Lipinski definition) is 4. The van der Waals surface area contributed by atoms with Crippen molar-refractivity contribution in [3.8, 4) is 0 Å². The molecule has 1 aliphatic carbocycles. The molecule has 2 rings (SSSR count). The van der Waals surface area contributed by atoms with Gasteiger partial charge in [0.15, 0.2) is 0 Å². The maximum atomic E-state index is 12.0. The number of aliphatic hydroxyl groups excluding tert-OH is 1. The van der Waals surface area contributed by atoms with Gasteiger partial charge in [-0.1, -0.05) is 0 Å².